The van der Waals surface area contributed by atoms with E-state index < -0.39 is 0 Å². The molecular formula is C14H10ClNO. The Morgan fingerprint density at radius 2 is 1.71 bits per heavy atom. The molecule has 0 saturated carbocycles. The summed E-state index contributed by atoms with van der Waals surface area (Å²) in [6.07, 6.45) is 0. The van der Waals surface area contributed by atoms with E-state index in [1.54, 1.807) is 0 Å². The third-order valence-corrected chi connectivity index (χ3v) is 2.74. The quantitative estimate of drug-likeness (QED) is 0.698. The maximum atomic E-state index is 5.90. The summed E-state index contributed by atoms with van der Waals surface area (Å²) in [6.45, 7) is 0. The van der Waals surface area contributed by atoms with Crippen molar-refractivity contribution >= 4 is 22.5 Å². The average molecular weight is 244 g/mol. The molecule has 0 aliphatic rings. The van der Waals surface area contributed by atoms with Crippen molar-refractivity contribution in [2.24, 2.45) is 0 Å². The second-order valence-corrected chi connectivity index (χ2v) is 4.19. The molecule has 0 aliphatic heterocycles. The zero-order valence-electron chi connectivity index (χ0n) is 8.98. The topological polar surface area (TPSA) is 25.0 Å². The molecule has 0 fully saturated rings. The molecule has 3 rings (SSSR count). The monoisotopic (exact) mass is 243 g/mol. The molecule has 17 heavy (non-hydrogen) atoms. The molecule has 0 aliphatic carbocycles. The lowest BCUT2D eigenvalue weighted by Gasteiger charge is -2.04. The fraction of sp³-hybridized carbons (Fsp3) is 0. The fourth-order valence-electron chi connectivity index (χ4n) is 1.76. The Morgan fingerprint density at radius 1 is 0.882 bits per heavy atom. The smallest absolute Gasteiger partial charge is 0.128 e. The number of fused-ring (bicyclic) bond motifs is 1. The van der Waals surface area contributed by atoms with Crippen LogP contribution in [0.1, 0.15) is 0 Å². The van der Waals surface area contributed by atoms with Crippen molar-refractivity contribution in [3.05, 3.63) is 59.8 Å². The van der Waals surface area contributed by atoms with Crippen LogP contribution >= 0.6 is 11.6 Å². The first-order chi connectivity index (χ1) is 8.31. The molecule has 2 nitrogen and oxygen atoms in total. The molecule has 0 saturated heterocycles. The van der Waals surface area contributed by atoms with Crippen molar-refractivity contribution < 1.29 is 4.74 Å². The molecule has 0 bridgehead atoms. The third kappa shape index (κ3) is 2.12. The van der Waals surface area contributed by atoms with E-state index in [4.69, 9.17) is 16.3 Å². The van der Waals surface area contributed by atoms with E-state index in [1.165, 1.54) is 0 Å². The first-order valence-corrected chi connectivity index (χ1v) is 5.70. The Balaban J connectivity index is 1.95. The standard InChI is InChI=1S/C14H10ClNO/c15-14-9-10-8-12(6-7-13(10)16-14)17-11-4-2-1-3-5-11/h1-9,16H. The molecule has 0 radical (unpaired) electrons. The highest BCUT2D eigenvalue weighted by atomic mass is 35.5. The van der Waals surface area contributed by atoms with E-state index in [0.717, 1.165) is 22.4 Å². The van der Waals surface area contributed by atoms with Crippen LogP contribution in [0.5, 0.6) is 11.5 Å². The number of benzene rings is 2. The highest BCUT2D eigenvalue weighted by Crippen LogP contribution is 2.26. The molecule has 0 spiro atoms. The third-order valence-electron chi connectivity index (χ3n) is 2.54. The number of aromatic nitrogens is 1. The number of halogens is 1. The first-order valence-electron chi connectivity index (χ1n) is 5.32. The van der Waals surface area contributed by atoms with Crippen LogP contribution in [0.2, 0.25) is 5.15 Å². The van der Waals surface area contributed by atoms with Crippen LogP contribution in [0.4, 0.5) is 0 Å². The highest BCUT2D eigenvalue weighted by molar-refractivity contribution is 6.30. The van der Waals surface area contributed by atoms with Crippen molar-refractivity contribution in [2.45, 2.75) is 0 Å². The number of nitrogens with one attached hydrogen (secondary N) is 1. The van der Waals surface area contributed by atoms with Crippen LogP contribution in [0, 0.1) is 0 Å². The van der Waals surface area contributed by atoms with Crippen LogP contribution < -0.4 is 4.74 Å². The predicted molar refractivity (Wildman–Crippen MR) is 69.8 cm³/mol. The molecule has 3 aromatic rings. The summed E-state index contributed by atoms with van der Waals surface area (Å²) in [4.78, 5) is 3.06. The number of hydrogen-bond acceptors (Lipinski definition) is 1. The van der Waals surface area contributed by atoms with Gasteiger partial charge in [-0.1, -0.05) is 29.8 Å². The van der Waals surface area contributed by atoms with Crippen LogP contribution in [0.15, 0.2) is 54.6 Å². The van der Waals surface area contributed by atoms with Crippen molar-refractivity contribution in [1.29, 1.82) is 0 Å². The largest absolute Gasteiger partial charge is 0.457 e. The van der Waals surface area contributed by atoms with Gasteiger partial charge in [0.2, 0.25) is 0 Å². The first kappa shape index (κ1) is 10.2. The number of hydrogen-bond donors (Lipinski definition) is 1. The zero-order chi connectivity index (χ0) is 11.7. The second-order valence-electron chi connectivity index (χ2n) is 3.78. The lowest BCUT2D eigenvalue weighted by atomic mass is 10.2. The van der Waals surface area contributed by atoms with Crippen LogP contribution in [-0.2, 0) is 0 Å². The van der Waals surface area contributed by atoms with Gasteiger partial charge in [0, 0.05) is 10.9 Å². The minimum Gasteiger partial charge on any atom is -0.457 e. The van der Waals surface area contributed by atoms with E-state index >= 15 is 0 Å². The van der Waals surface area contributed by atoms with Gasteiger partial charge in [0.15, 0.2) is 0 Å². The Hall–Kier alpha value is -1.93. The SMILES string of the molecule is Clc1cc2cc(Oc3ccccc3)ccc2[nH]1. The summed E-state index contributed by atoms with van der Waals surface area (Å²) in [6, 6.07) is 17.4. The van der Waals surface area contributed by atoms with Gasteiger partial charge in [-0.2, -0.15) is 0 Å². The molecular weight excluding hydrogens is 234 g/mol. The number of para-hydroxylation sites is 1. The van der Waals surface area contributed by atoms with Crippen molar-refractivity contribution in [3.63, 3.8) is 0 Å². The lowest BCUT2D eigenvalue weighted by molar-refractivity contribution is 0.483. The van der Waals surface area contributed by atoms with Crippen molar-refractivity contribution in [2.75, 3.05) is 0 Å². The average Bonchev–Trinajstić information content (AvgIpc) is 2.70. The van der Waals surface area contributed by atoms with E-state index in [2.05, 4.69) is 4.98 Å². The van der Waals surface area contributed by atoms with Gasteiger partial charge in [0.1, 0.15) is 16.7 Å². The van der Waals surface area contributed by atoms with E-state index in [0.29, 0.717) is 5.15 Å². The molecule has 1 heterocycles. The predicted octanol–water partition coefficient (Wildman–Crippen LogP) is 4.61. The minimum atomic E-state index is 0.636. The molecule has 1 N–H and O–H groups in total. The van der Waals surface area contributed by atoms with Gasteiger partial charge in [0.05, 0.1) is 0 Å². The van der Waals surface area contributed by atoms with Crippen LogP contribution in [0.3, 0.4) is 0 Å². The van der Waals surface area contributed by atoms with Crippen molar-refractivity contribution in [1.82, 2.24) is 4.98 Å². The number of H-pyrrole nitrogens is 1. The number of rotatable bonds is 2. The molecule has 3 heteroatoms. The van der Waals surface area contributed by atoms with Gasteiger partial charge in [-0.15, -0.1) is 0 Å². The Kier molecular flexibility index (Phi) is 2.50. The van der Waals surface area contributed by atoms with Crippen LogP contribution in [-0.4, -0.2) is 4.98 Å². The summed E-state index contributed by atoms with van der Waals surface area (Å²) in [5.74, 6) is 1.63. The summed E-state index contributed by atoms with van der Waals surface area (Å²) in [5.41, 5.74) is 1.01. The number of ether oxygens (including phenoxy) is 1. The van der Waals surface area contributed by atoms with Gasteiger partial charge in [0.25, 0.3) is 0 Å². The molecule has 2 aromatic carbocycles. The van der Waals surface area contributed by atoms with Gasteiger partial charge in [-0.05, 0) is 36.4 Å². The minimum absolute atomic E-state index is 0.636. The maximum absolute atomic E-state index is 5.90. The second kappa shape index (κ2) is 4.15. The highest BCUT2D eigenvalue weighted by Gasteiger charge is 2.01. The van der Waals surface area contributed by atoms with Gasteiger partial charge in [-0.3, -0.25) is 0 Å². The van der Waals surface area contributed by atoms with E-state index in [9.17, 15) is 0 Å². The summed E-state index contributed by atoms with van der Waals surface area (Å²) >= 11 is 5.90. The Bertz CT molecular complexity index is 646. The molecule has 0 amide bonds. The molecule has 0 atom stereocenters. The summed E-state index contributed by atoms with van der Waals surface area (Å²) < 4.78 is 5.74. The van der Waals surface area contributed by atoms with E-state index in [1.807, 2.05) is 54.6 Å². The Labute approximate surface area is 104 Å². The van der Waals surface area contributed by atoms with Gasteiger partial charge < -0.3 is 9.72 Å². The van der Waals surface area contributed by atoms with Crippen LogP contribution in [0.25, 0.3) is 10.9 Å². The maximum Gasteiger partial charge on any atom is 0.128 e. The number of aromatic amines is 1. The van der Waals surface area contributed by atoms with Gasteiger partial charge >= 0.3 is 0 Å². The summed E-state index contributed by atoms with van der Waals surface area (Å²) in [7, 11) is 0. The molecule has 84 valence electrons. The normalized spacial score (nSPS) is 10.6. The fourth-order valence-corrected chi connectivity index (χ4v) is 1.98. The van der Waals surface area contributed by atoms with Crippen molar-refractivity contribution in [3.8, 4) is 11.5 Å². The molecule has 0 unspecified atom stereocenters. The molecule has 1 aromatic heterocycles. The van der Waals surface area contributed by atoms with Gasteiger partial charge in [-0.25, -0.2) is 0 Å². The summed E-state index contributed by atoms with van der Waals surface area (Å²) in [5, 5.41) is 1.68. The Morgan fingerprint density at radius 3 is 2.53 bits per heavy atom. The lowest BCUT2D eigenvalue weighted by Crippen LogP contribution is -1.82. The zero-order valence-corrected chi connectivity index (χ0v) is 9.74. The van der Waals surface area contributed by atoms with E-state index in [-0.39, 0.29) is 0 Å².